The largest absolute Gasteiger partial charge is 0.489 e. The van der Waals surface area contributed by atoms with Crippen LogP contribution in [0, 0.1) is 0 Å². The third-order valence-corrected chi connectivity index (χ3v) is 4.15. The SMILES string of the molecule is Cl.c1cncc(CNCc2ccc(OCc3ccc4c(c3)OCO4)cc2)c1. The molecule has 1 aliphatic heterocycles. The van der Waals surface area contributed by atoms with Gasteiger partial charge in [-0.15, -0.1) is 12.4 Å². The summed E-state index contributed by atoms with van der Waals surface area (Å²) < 4.78 is 16.6. The maximum Gasteiger partial charge on any atom is 0.231 e. The minimum absolute atomic E-state index is 0. The Bertz CT molecular complexity index is 857. The Morgan fingerprint density at radius 1 is 0.889 bits per heavy atom. The van der Waals surface area contributed by atoms with Crippen molar-refractivity contribution in [3.8, 4) is 17.2 Å². The van der Waals surface area contributed by atoms with E-state index in [1.807, 2.05) is 42.6 Å². The number of rotatable bonds is 7. The predicted octanol–water partition coefficient (Wildman–Crippen LogP) is 4.10. The zero-order valence-corrected chi connectivity index (χ0v) is 15.6. The second-order valence-corrected chi connectivity index (χ2v) is 6.09. The molecule has 0 bridgehead atoms. The molecule has 1 aliphatic rings. The summed E-state index contributed by atoms with van der Waals surface area (Å²) in [4.78, 5) is 4.12. The van der Waals surface area contributed by atoms with E-state index in [-0.39, 0.29) is 19.2 Å². The number of nitrogens with zero attached hydrogens (tertiary/aromatic N) is 1. The van der Waals surface area contributed by atoms with Crippen LogP contribution < -0.4 is 19.5 Å². The van der Waals surface area contributed by atoms with E-state index >= 15 is 0 Å². The lowest BCUT2D eigenvalue weighted by Crippen LogP contribution is -2.12. The lowest BCUT2D eigenvalue weighted by atomic mass is 10.2. The van der Waals surface area contributed by atoms with E-state index in [0.29, 0.717) is 6.61 Å². The number of hydrogen-bond acceptors (Lipinski definition) is 5. The molecule has 4 rings (SSSR count). The van der Waals surface area contributed by atoms with Gasteiger partial charge in [0.1, 0.15) is 12.4 Å². The first-order valence-electron chi connectivity index (χ1n) is 8.57. The van der Waals surface area contributed by atoms with Gasteiger partial charge in [-0.1, -0.05) is 24.3 Å². The van der Waals surface area contributed by atoms with E-state index in [0.717, 1.165) is 35.9 Å². The lowest BCUT2D eigenvalue weighted by Gasteiger charge is -2.09. The van der Waals surface area contributed by atoms with E-state index in [2.05, 4.69) is 28.5 Å². The number of ether oxygens (including phenoxy) is 3. The number of aromatic nitrogens is 1. The summed E-state index contributed by atoms with van der Waals surface area (Å²) in [5.74, 6) is 2.41. The topological polar surface area (TPSA) is 52.6 Å². The molecular formula is C21H21ClN2O3. The quantitative estimate of drug-likeness (QED) is 0.664. The molecule has 2 heterocycles. The van der Waals surface area contributed by atoms with Gasteiger partial charge in [0.05, 0.1) is 0 Å². The van der Waals surface area contributed by atoms with Crippen molar-refractivity contribution in [2.45, 2.75) is 19.7 Å². The van der Waals surface area contributed by atoms with E-state index in [9.17, 15) is 0 Å². The zero-order valence-electron chi connectivity index (χ0n) is 14.8. The number of hydrogen-bond donors (Lipinski definition) is 1. The van der Waals surface area contributed by atoms with Crippen LogP contribution >= 0.6 is 12.4 Å². The summed E-state index contributed by atoms with van der Waals surface area (Å²) in [6, 6.07) is 18.0. The van der Waals surface area contributed by atoms with Crippen molar-refractivity contribution < 1.29 is 14.2 Å². The van der Waals surface area contributed by atoms with E-state index in [4.69, 9.17) is 14.2 Å². The highest BCUT2D eigenvalue weighted by Crippen LogP contribution is 2.32. The molecule has 0 unspecified atom stereocenters. The van der Waals surface area contributed by atoms with Gasteiger partial charge in [-0.2, -0.15) is 0 Å². The highest BCUT2D eigenvalue weighted by molar-refractivity contribution is 5.85. The second kappa shape index (κ2) is 9.26. The fourth-order valence-corrected chi connectivity index (χ4v) is 2.75. The Kier molecular flexibility index (Phi) is 6.52. The molecule has 0 atom stereocenters. The Morgan fingerprint density at radius 2 is 1.67 bits per heavy atom. The summed E-state index contributed by atoms with van der Waals surface area (Å²) >= 11 is 0. The van der Waals surface area contributed by atoms with Crippen molar-refractivity contribution in [3.05, 3.63) is 83.7 Å². The van der Waals surface area contributed by atoms with E-state index in [1.54, 1.807) is 6.20 Å². The molecule has 0 radical (unpaired) electrons. The molecule has 0 fully saturated rings. The van der Waals surface area contributed by atoms with Gasteiger partial charge in [0.15, 0.2) is 11.5 Å². The first-order chi connectivity index (χ1) is 12.9. The van der Waals surface area contributed by atoms with Crippen molar-refractivity contribution >= 4 is 12.4 Å². The summed E-state index contributed by atoms with van der Waals surface area (Å²) in [7, 11) is 0. The van der Waals surface area contributed by atoms with Gasteiger partial charge >= 0.3 is 0 Å². The monoisotopic (exact) mass is 384 g/mol. The van der Waals surface area contributed by atoms with E-state index < -0.39 is 0 Å². The Labute approximate surface area is 164 Å². The van der Waals surface area contributed by atoms with Crippen LogP contribution in [0.25, 0.3) is 0 Å². The molecule has 2 aromatic carbocycles. The molecule has 3 aromatic rings. The molecule has 140 valence electrons. The van der Waals surface area contributed by atoms with Crippen LogP contribution in [-0.4, -0.2) is 11.8 Å². The predicted molar refractivity (Wildman–Crippen MR) is 105 cm³/mol. The highest BCUT2D eigenvalue weighted by Gasteiger charge is 2.13. The standard InChI is InChI=1S/C21H20N2O3.ClH/c1-2-18(12-22-9-1)13-23-11-16-3-6-19(7-4-16)24-14-17-5-8-20-21(10-17)26-15-25-20;/h1-10,12,23H,11,13-15H2;1H. The number of pyridine rings is 1. The van der Waals surface area contributed by atoms with Crippen LogP contribution in [0.3, 0.4) is 0 Å². The summed E-state index contributed by atoms with van der Waals surface area (Å²) in [6.45, 7) is 2.39. The van der Waals surface area contributed by atoms with Gasteiger partial charge in [-0.05, 0) is 47.0 Å². The van der Waals surface area contributed by atoms with Crippen LogP contribution in [0.15, 0.2) is 67.0 Å². The lowest BCUT2D eigenvalue weighted by molar-refractivity contribution is 0.174. The minimum atomic E-state index is 0. The van der Waals surface area contributed by atoms with Crippen molar-refractivity contribution in [3.63, 3.8) is 0 Å². The van der Waals surface area contributed by atoms with Gasteiger partial charge in [0.2, 0.25) is 6.79 Å². The van der Waals surface area contributed by atoms with Crippen molar-refractivity contribution in [1.29, 1.82) is 0 Å². The van der Waals surface area contributed by atoms with Gasteiger partial charge in [0, 0.05) is 25.5 Å². The van der Waals surface area contributed by atoms with Crippen LogP contribution in [0.4, 0.5) is 0 Å². The maximum absolute atomic E-state index is 5.86. The third kappa shape index (κ3) is 5.12. The smallest absolute Gasteiger partial charge is 0.231 e. The fraction of sp³-hybridized carbons (Fsp3) is 0.190. The number of halogens is 1. The Morgan fingerprint density at radius 3 is 2.48 bits per heavy atom. The minimum Gasteiger partial charge on any atom is -0.489 e. The fourth-order valence-electron chi connectivity index (χ4n) is 2.75. The van der Waals surface area contributed by atoms with Crippen LogP contribution in [0.5, 0.6) is 17.2 Å². The molecule has 0 saturated carbocycles. The summed E-state index contributed by atoms with van der Waals surface area (Å²) in [6.07, 6.45) is 3.66. The molecular weight excluding hydrogens is 364 g/mol. The Hall–Kier alpha value is -2.76. The second-order valence-electron chi connectivity index (χ2n) is 6.09. The molecule has 1 N–H and O–H groups in total. The average molecular weight is 385 g/mol. The first-order valence-corrected chi connectivity index (χ1v) is 8.57. The van der Waals surface area contributed by atoms with Crippen LogP contribution in [0.1, 0.15) is 16.7 Å². The average Bonchev–Trinajstić information content (AvgIpc) is 3.16. The molecule has 0 amide bonds. The first kappa shape index (κ1) is 19.0. The number of nitrogens with one attached hydrogen (secondary N) is 1. The molecule has 27 heavy (non-hydrogen) atoms. The third-order valence-electron chi connectivity index (χ3n) is 4.15. The highest BCUT2D eigenvalue weighted by atomic mass is 35.5. The molecule has 5 nitrogen and oxygen atoms in total. The Balaban J connectivity index is 0.00000210. The van der Waals surface area contributed by atoms with Gasteiger partial charge in [-0.3, -0.25) is 4.98 Å². The summed E-state index contributed by atoms with van der Waals surface area (Å²) in [5.41, 5.74) is 3.44. The molecule has 1 aromatic heterocycles. The molecule has 0 spiro atoms. The van der Waals surface area contributed by atoms with Crippen molar-refractivity contribution in [2.75, 3.05) is 6.79 Å². The van der Waals surface area contributed by atoms with E-state index in [1.165, 1.54) is 11.1 Å². The summed E-state index contributed by atoms with van der Waals surface area (Å²) in [5, 5.41) is 3.41. The van der Waals surface area contributed by atoms with Crippen molar-refractivity contribution in [1.82, 2.24) is 10.3 Å². The van der Waals surface area contributed by atoms with Gasteiger partial charge < -0.3 is 19.5 Å². The van der Waals surface area contributed by atoms with Crippen molar-refractivity contribution in [2.24, 2.45) is 0 Å². The number of benzene rings is 2. The molecule has 0 aliphatic carbocycles. The maximum atomic E-state index is 5.86. The zero-order chi connectivity index (χ0) is 17.6. The molecule has 0 saturated heterocycles. The normalized spacial score (nSPS) is 11.7. The van der Waals surface area contributed by atoms with Crippen LogP contribution in [0.2, 0.25) is 0 Å². The van der Waals surface area contributed by atoms with Gasteiger partial charge in [-0.25, -0.2) is 0 Å². The van der Waals surface area contributed by atoms with Crippen LogP contribution in [-0.2, 0) is 19.7 Å². The number of fused-ring (bicyclic) bond motifs is 1. The molecule has 6 heteroatoms. The van der Waals surface area contributed by atoms with Gasteiger partial charge in [0.25, 0.3) is 0 Å².